The number of unbranched alkanes of at least 4 members (excludes halogenated alkanes) is 4. The summed E-state index contributed by atoms with van der Waals surface area (Å²) in [5.74, 6) is 3.53. The molecular formula is C29H32O5. The maximum absolute atomic E-state index is 12.9. The van der Waals surface area contributed by atoms with Crippen LogP contribution in [0.3, 0.4) is 0 Å². The second-order valence-electron chi connectivity index (χ2n) is 7.40. The monoisotopic (exact) mass is 460 g/mol. The maximum Gasteiger partial charge on any atom is 0.343 e. The van der Waals surface area contributed by atoms with E-state index in [9.17, 15) is 4.79 Å². The lowest BCUT2D eigenvalue weighted by molar-refractivity contribution is 0.0733. The molecule has 34 heavy (non-hydrogen) atoms. The van der Waals surface area contributed by atoms with Gasteiger partial charge >= 0.3 is 5.97 Å². The van der Waals surface area contributed by atoms with E-state index in [1.54, 1.807) is 48.6 Å². The van der Waals surface area contributed by atoms with Gasteiger partial charge in [0.05, 0.1) is 12.2 Å². The Morgan fingerprint density at radius 2 is 1.47 bits per heavy atom. The second kappa shape index (κ2) is 15.0. The van der Waals surface area contributed by atoms with Crippen LogP contribution in [0.4, 0.5) is 0 Å². The van der Waals surface area contributed by atoms with Gasteiger partial charge in [0.15, 0.2) is 11.5 Å². The van der Waals surface area contributed by atoms with E-state index in [2.05, 4.69) is 25.7 Å². The molecular weight excluding hydrogens is 428 g/mol. The van der Waals surface area contributed by atoms with Crippen molar-refractivity contribution >= 4 is 5.97 Å². The van der Waals surface area contributed by atoms with E-state index in [0.717, 1.165) is 32.1 Å². The van der Waals surface area contributed by atoms with E-state index in [-0.39, 0.29) is 18.8 Å². The van der Waals surface area contributed by atoms with Gasteiger partial charge in [0.2, 0.25) is 5.75 Å². The Bertz CT molecular complexity index is 965. The molecule has 0 spiro atoms. The molecule has 2 aromatic carbocycles. The lowest BCUT2D eigenvalue weighted by atomic mass is 10.1. The SMILES string of the molecule is C#Cc1ccc(OC(=O)c2cc(OCC=C)c(OCCCCCCC=C)c(OCC=C)c2)cc1. The number of allylic oxidation sites excluding steroid dienone is 1. The lowest BCUT2D eigenvalue weighted by Gasteiger charge is -2.17. The summed E-state index contributed by atoms with van der Waals surface area (Å²) in [5.41, 5.74) is 0.957. The number of hydrogen-bond donors (Lipinski definition) is 0. The van der Waals surface area contributed by atoms with Crippen molar-refractivity contribution in [3.05, 3.63) is 85.5 Å². The average Bonchev–Trinajstić information content (AvgIpc) is 2.86. The van der Waals surface area contributed by atoms with Crippen molar-refractivity contribution in [1.82, 2.24) is 0 Å². The van der Waals surface area contributed by atoms with E-state index in [4.69, 9.17) is 25.4 Å². The molecule has 0 radical (unpaired) electrons. The highest BCUT2D eigenvalue weighted by Gasteiger charge is 2.20. The molecule has 0 aliphatic carbocycles. The van der Waals surface area contributed by atoms with Crippen LogP contribution in [0, 0.1) is 12.3 Å². The van der Waals surface area contributed by atoms with Crippen molar-refractivity contribution in [3.8, 4) is 35.3 Å². The molecule has 0 amide bonds. The van der Waals surface area contributed by atoms with E-state index in [0.29, 0.717) is 35.2 Å². The van der Waals surface area contributed by atoms with Gasteiger partial charge in [-0.15, -0.1) is 13.0 Å². The van der Waals surface area contributed by atoms with Gasteiger partial charge < -0.3 is 18.9 Å². The Labute approximate surface area is 202 Å². The van der Waals surface area contributed by atoms with Gasteiger partial charge in [-0.25, -0.2) is 4.79 Å². The number of terminal acetylenes is 1. The molecule has 2 rings (SSSR count). The van der Waals surface area contributed by atoms with Crippen LogP contribution < -0.4 is 18.9 Å². The predicted molar refractivity (Wildman–Crippen MR) is 136 cm³/mol. The third kappa shape index (κ3) is 8.55. The summed E-state index contributed by atoms with van der Waals surface area (Å²) < 4.78 is 23.1. The number of esters is 1. The van der Waals surface area contributed by atoms with Crippen LogP contribution in [0.2, 0.25) is 0 Å². The number of rotatable bonds is 16. The molecule has 0 fully saturated rings. The van der Waals surface area contributed by atoms with E-state index >= 15 is 0 Å². The number of carbonyl (C=O) groups is 1. The summed E-state index contributed by atoms with van der Waals surface area (Å²) in [4.78, 5) is 12.9. The summed E-state index contributed by atoms with van der Waals surface area (Å²) >= 11 is 0. The third-order valence-electron chi connectivity index (χ3n) is 4.75. The van der Waals surface area contributed by atoms with Crippen molar-refractivity contribution in [2.75, 3.05) is 19.8 Å². The molecule has 0 atom stereocenters. The zero-order valence-electron chi connectivity index (χ0n) is 19.6. The van der Waals surface area contributed by atoms with Gasteiger partial charge in [-0.05, 0) is 55.7 Å². The van der Waals surface area contributed by atoms with Gasteiger partial charge in [-0.1, -0.05) is 50.1 Å². The first kappa shape index (κ1) is 26.3. The fourth-order valence-electron chi connectivity index (χ4n) is 3.05. The lowest BCUT2D eigenvalue weighted by Crippen LogP contribution is -2.11. The van der Waals surface area contributed by atoms with Crippen LogP contribution in [0.25, 0.3) is 0 Å². The molecule has 0 unspecified atom stereocenters. The van der Waals surface area contributed by atoms with E-state index < -0.39 is 5.97 Å². The van der Waals surface area contributed by atoms with Crippen LogP contribution in [0.5, 0.6) is 23.0 Å². The summed E-state index contributed by atoms with van der Waals surface area (Å²) in [6.07, 6.45) is 15.7. The van der Waals surface area contributed by atoms with Crippen LogP contribution in [-0.4, -0.2) is 25.8 Å². The highest BCUT2D eigenvalue weighted by Crippen LogP contribution is 2.39. The zero-order chi connectivity index (χ0) is 24.6. The Morgan fingerprint density at radius 3 is 2.03 bits per heavy atom. The molecule has 0 aliphatic rings. The predicted octanol–water partition coefficient (Wildman–Crippen LogP) is 6.53. The third-order valence-corrected chi connectivity index (χ3v) is 4.75. The van der Waals surface area contributed by atoms with Crippen molar-refractivity contribution < 1.29 is 23.7 Å². The second-order valence-corrected chi connectivity index (χ2v) is 7.40. The molecule has 0 aliphatic heterocycles. The molecule has 178 valence electrons. The standard InChI is InChI=1S/C29H32O5/c1-5-9-10-11-12-13-20-33-28-26(31-18-6-2)21-24(22-27(28)32-19-7-3)29(30)34-25-16-14-23(8-4)15-17-25/h4-7,14-17,21-22H,1-3,9-13,18-20H2. The zero-order valence-corrected chi connectivity index (χ0v) is 19.6. The average molecular weight is 461 g/mol. The Hall–Kier alpha value is -3.91. The first-order valence-electron chi connectivity index (χ1n) is 11.3. The molecule has 0 saturated heterocycles. The van der Waals surface area contributed by atoms with E-state index in [1.807, 2.05) is 6.08 Å². The Kier molecular flexibility index (Phi) is 11.6. The Morgan fingerprint density at radius 1 is 0.853 bits per heavy atom. The van der Waals surface area contributed by atoms with Gasteiger partial charge in [0.25, 0.3) is 0 Å². The minimum absolute atomic E-state index is 0.241. The smallest absolute Gasteiger partial charge is 0.343 e. The van der Waals surface area contributed by atoms with Crippen molar-refractivity contribution in [3.63, 3.8) is 0 Å². The van der Waals surface area contributed by atoms with Gasteiger partial charge in [0, 0.05) is 5.56 Å². The molecule has 0 aromatic heterocycles. The van der Waals surface area contributed by atoms with Crippen LogP contribution in [-0.2, 0) is 0 Å². The van der Waals surface area contributed by atoms with Gasteiger partial charge in [-0.2, -0.15) is 0 Å². The maximum atomic E-state index is 12.9. The van der Waals surface area contributed by atoms with Crippen LogP contribution in [0.15, 0.2) is 74.4 Å². The van der Waals surface area contributed by atoms with Gasteiger partial charge in [-0.3, -0.25) is 0 Å². The normalized spacial score (nSPS) is 9.97. The largest absolute Gasteiger partial charge is 0.486 e. The molecule has 0 heterocycles. The quantitative estimate of drug-likeness (QED) is 0.0937. The fraction of sp³-hybridized carbons (Fsp3) is 0.276. The van der Waals surface area contributed by atoms with Crippen molar-refractivity contribution in [2.45, 2.75) is 32.1 Å². The number of carbonyl (C=O) groups excluding carboxylic acids is 1. The first-order chi connectivity index (χ1) is 16.6. The summed E-state index contributed by atoms with van der Waals surface area (Å²) in [7, 11) is 0. The van der Waals surface area contributed by atoms with Crippen LogP contribution in [0.1, 0.15) is 48.0 Å². The van der Waals surface area contributed by atoms with Crippen molar-refractivity contribution in [1.29, 1.82) is 0 Å². The first-order valence-corrected chi connectivity index (χ1v) is 11.3. The summed E-state index contributed by atoms with van der Waals surface area (Å²) in [5, 5.41) is 0. The summed E-state index contributed by atoms with van der Waals surface area (Å²) in [6, 6.07) is 9.86. The minimum Gasteiger partial charge on any atom is -0.486 e. The molecule has 5 nitrogen and oxygen atoms in total. The topological polar surface area (TPSA) is 54.0 Å². The fourth-order valence-corrected chi connectivity index (χ4v) is 3.05. The number of ether oxygens (including phenoxy) is 4. The minimum atomic E-state index is -0.561. The Balaban J connectivity index is 2.22. The number of benzene rings is 2. The molecule has 0 bridgehead atoms. The highest BCUT2D eigenvalue weighted by atomic mass is 16.5. The molecule has 0 saturated carbocycles. The molecule has 5 heteroatoms. The van der Waals surface area contributed by atoms with Crippen molar-refractivity contribution in [2.24, 2.45) is 0 Å². The highest BCUT2D eigenvalue weighted by molar-refractivity contribution is 5.92. The summed E-state index contributed by atoms with van der Waals surface area (Å²) in [6.45, 7) is 12.1. The molecule has 2 aromatic rings. The van der Waals surface area contributed by atoms with Crippen LogP contribution >= 0.6 is 0 Å². The van der Waals surface area contributed by atoms with Gasteiger partial charge in [0.1, 0.15) is 19.0 Å². The molecule has 0 N–H and O–H groups in total. The number of hydrogen-bond acceptors (Lipinski definition) is 5. The van der Waals surface area contributed by atoms with E-state index in [1.165, 1.54) is 0 Å².